The molecule has 0 fully saturated rings. The van der Waals surface area contributed by atoms with Gasteiger partial charge in [-0.15, -0.1) is 0 Å². The average Bonchev–Trinajstić information content (AvgIpc) is 2.26. The van der Waals surface area contributed by atoms with Crippen LogP contribution in [0.5, 0.6) is 0 Å². The molecule has 1 rings (SSSR count). The molecule has 0 aliphatic carbocycles. The van der Waals surface area contributed by atoms with Crippen LogP contribution in [-0.2, 0) is 4.74 Å². The van der Waals surface area contributed by atoms with Gasteiger partial charge in [0, 0.05) is 19.7 Å². The van der Waals surface area contributed by atoms with Crippen LogP contribution in [0.15, 0.2) is 6.07 Å². The molecule has 0 atom stereocenters. The molecule has 1 aromatic heterocycles. The van der Waals surface area contributed by atoms with Crippen molar-refractivity contribution in [2.24, 2.45) is 0 Å². The van der Waals surface area contributed by atoms with Crippen LogP contribution in [0.25, 0.3) is 0 Å². The number of aromatic nitrogens is 2. The number of nitrogens with two attached hydrogens (primary N) is 1. The fourth-order valence-electron chi connectivity index (χ4n) is 1.12. The molecule has 1 aromatic rings. The summed E-state index contributed by atoms with van der Waals surface area (Å²) in [5.74, 6) is 1.00. The number of rotatable bonds is 6. The van der Waals surface area contributed by atoms with E-state index in [0.717, 1.165) is 0 Å². The van der Waals surface area contributed by atoms with Crippen LogP contribution in [0.1, 0.15) is 0 Å². The molecule has 0 radical (unpaired) electrons. The molecule has 0 aliphatic rings. The molecular formula is C9H14F3N5O. The zero-order chi connectivity index (χ0) is 13.6. The van der Waals surface area contributed by atoms with Gasteiger partial charge in [-0.3, -0.25) is 0 Å². The number of anilines is 3. The number of nitrogen functional groups attached to an aromatic ring is 1. The predicted molar refractivity (Wildman–Crippen MR) is 61.4 cm³/mol. The lowest BCUT2D eigenvalue weighted by molar-refractivity contribution is -0.172. The number of alkyl halides is 3. The molecule has 6 nitrogen and oxygen atoms in total. The van der Waals surface area contributed by atoms with Gasteiger partial charge in [-0.05, 0) is 0 Å². The Morgan fingerprint density at radius 2 is 2.00 bits per heavy atom. The van der Waals surface area contributed by atoms with Crippen molar-refractivity contribution in [2.75, 3.05) is 43.2 Å². The van der Waals surface area contributed by atoms with Crippen molar-refractivity contribution in [1.29, 1.82) is 0 Å². The molecule has 0 aromatic carbocycles. The minimum absolute atomic E-state index is 0.0700. The van der Waals surface area contributed by atoms with Gasteiger partial charge in [-0.25, -0.2) is 0 Å². The van der Waals surface area contributed by atoms with E-state index in [0.29, 0.717) is 11.6 Å². The van der Waals surface area contributed by atoms with Crippen molar-refractivity contribution in [2.45, 2.75) is 6.18 Å². The Kier molecular flexibility index (Phi) is 4.95. The normalized spacial score (nSPS) is 11.3. The first-order valence-corrected chi connectivity index (χ1v) is 5.11. The summed E-state index contributed by atoms with van der Waals surface area (Å²) in [5.41, 5.74) is 5.44. The lowest BCUT2D eigenvalue weighted by Crippen LogP contribution is -2.20. The van der Waals surface area contributed by atoms with Gasteiger partial charge in [0.15, 0.2) is 0 Å². The van der Waals surface area contributed by atoms with Gasteiger partial charge >= 0.3 is 6.18 Å². The van der Waals surface area contributed by atoms with E-state index in [4.69, 9.17) is 5.73 Å². The van der Waals surface area contributed by atoms with Gasteiger partial charge in [0.05, 0.1) is 6.61 Å². The zero-order valence-electron chi connectivity index (χ0n) is 9.71. The van der Waals surface area contributed by atoms with Crippen LogP contribution in [0.3, 0.4) is 0 Å². The minimum Gasteiger partial charge on any atom is -0.373 e. The van der Waals surface area contributed by atoms with Gasteiger partial charge in [0.2, 0.25) is 5.95 Å². The monoisotopic (exact) mass is 265 g/mol. The fraction of sp³-hybridized carbons (Fsp3) is 0.556. The maximum atomic E-state index is 11.8. The topological polar surface area (TPSA) is 85.1 Å². The number of halogens is 3. The standard InChI is InChI=1S/C9H14F3N5O/c1-14-6-4-7(17-8(13)16-6)15-2-3-18-5-9(10,11)12/h4H,2-3,5H2,1H3,(H4,13,14,15,16,17). The van der Waals surface area contributed by atoms with Gasteiger partial charge in [-0.2, -0.15) is 23.1 Å². The highest BCUT2D eigenvalue weighted by Crippen LogP contribution is 2.14. The Morgan fingerprint density at radius 1 is 1.33 bits per heavy atom. The Labute approximate surface area is 102 Å². The number of ether oxygens (including phenoxy) is 1. The Balaban J connectivity index is 2.33. The Hall–Kier alpha value is -1.77. The second kappa shape index (κ2) is 6.24. The van der Waals surface area contributed by atoms with Crippen LogP contribution in [0.4, 0.5) is 30.8 Å². The third-order valence-corrected chi connectivity index (χ3v) is 1.82. The van der Waals surface area contributed by atoms with E-state index in [2.05, 4.69) is 25.3 Å². The summed E-state index contributed by atoms with van der Waals surface area (Å²) >= 11 is 0. The molecule has 0 aliphatic heterocycles. The van der Waals surface area contributed by atoms with Gasteiger partial charge in [0.1, 0.15) is 18.2 Å². The molecule has 0 bridgehead atoms. The van der Waals surface area contributed by atoms with Crippen molar-refractivity contribution < 1.29 is 17.9 Å². The van der Waals surface area contributed by atoms with E-state index in [1.165, 1.54) is 0 Å². The molecule has 0 amide bonds. The van der Waals surface area contributed by atoms with E-state index >= 15 is 0 Å². The quantitative estimate of drug-likeness (QED) is 0.668. The summed E-state index contributed by atoms with van der Waals surface area (Å²) in [6, 6.07) is 1.58. The molecule has 9 heteroatoms. The molecule has 0 spiro atoms. The molecule has 0 saturated carbocycles. The highest BCUT2D eigenvalue weighted by Gasteiger charge is 2.27. The first kappa shape index (κ1) is 14.3. The zero-order valence-corrected chi connectivity index (χ0v) is 9.71. The summed E-state index contributed by atoms with van der Waals surface area (Å²) < 4.78 is 39.7. The highest BCUT2D eigenvalue weighted by atomic mass is 19.4. The number of hydrogen-bond acceptors (Lipinski definition) is 6. The van der Waals surface area contributed by atoms with Gasteiger partial charge in [-0.1, -0.05) is 0 Å². The molecule has 1 heterocycles. The molecular weight excluding hydrogens is 251 g/mol. The second-order valence-electron chi connectivity index (χ2n) is 3.34. The third-order valence-electron chi connectivity index (χ3n) is 1.82. The predicted octanol–water partition coefficient (Wildman–Crippen LogP) is 1.09. The summed E-state index contributed by atoms with van der Waals surface area (Å²) in [4.78, 5) is 7.73. The number of nitrogens with one attached hydrogen (secondary N) is 2. The van der Waals surface area contributed by atoms with E-state index in [-0.39, 0.29) is 19.1 Å². The first-order chi connectivity index (χ1) is 8.40. The fourth-order valence-corrected chi connectivity index (χ4v) is 1.12. The van der Waals surface area contributed by atoms with Gasteiger partial charge < -0.3 is 21.1 Å². The molecule has 0 saturated heterocycles. The van der Waals surface area contributed by atoms with E-state index < -0.39 is 12.8 Å². The van der Waals surface area contributed by atoms with Crippen molar-refractivity contribution in [3.8, 4) is 0 Å². The summed E-state index contributed by atoms with van der Waals surface area (Å²) in [6.07, 6.45) is -4.31. The van der Waals surface area contributed by atoms with Crippen LogP contribution in [0.2, 0.25) is 0 Å². The van der Waals surface area contributed by atoms with Crippen LogP contribution in [0, 0.1) is 0 Å². The molecule has 0 unspecified atom stereocenters. The van der Waals surface area contributed by atoms with Crippen LogP contribution < -0.4 is 16.4 Å². The smallest absolute Gasteiger partial charge is 0.373 e. The van der Waals surface area contributed by atoms with Gasteiger partial charge in [0.25, 0.3) is 0 Å². The second-order valence-corrected chi connectivity index (χ2v) is 3.34. The van der Waals surface area contributed by atoms with E-state index in [9.17, 15) is 13.2 Å². The van der Waals surface area contributed by atoms with E-state index in [1.54, 1.807) is 13.1 Å². The molecule has 18 heavy (non-hydrogen) atoms. The molecule has 4 N–H and O–H groups in total. The maximum absolute atomic E-state index is 11.8. The minimum atomic E-state index is -4.31. The lowest BCUT2D eigenvalue weighted by atomic mass is 10.5. The van der Waals surface area contributed by atoms with Crippen molar-refractivity contribution in [1.82, 2.24) is 9.97 Å². The largest absolute Gasteiger partial charge is 0.411 e. The lowest BCUT2D eigenvalue weighted by Gasteiger charge is -2.09. The SMILES string of the molecule is CNc1cc(NCCOCC(F)(F)F)nc(N)n1. The third kappa shape index (κ3) is 5.53. The Morgan fingerprint density at radius 3 is 2.61 bits per heavy atom. The Bertz CT molecular complexity index is 385. The van der Waals surface area contributed by atoms with Crippen LogP contribution >= 0.6 is 0 Å². The average molecular weight is 265 g/mol. The summed E-state index contributed by atoms with van der Waals surface area (Å²) in [7, 11) is 1.66. The van der Waals surface area contributed by atoms with Crippen molar-refractivity contribution >= 4 is 17.6 Å². The van der Waals surface area contributed by atoms with Crippen molar-refractivity contribution in [3.63, 3.8) is 0 Å². The molecule has 102 valence electrons. The van der Waals surface area contributed by atoms with E-state index in [1.807, 2.05) is 0 Å². The maximum Gasteiger partial charge on any atom is 0.411 e. The van der Waals surface area contributed by atoms with Crippen LogP contribution in [-0.4, -0.2) is 43.0 Å². The summed E-state index contributed by atoms with van der Waals surface area (Å²) in [6.45, 7) is -1.16. The highest BCUT2D eigenvalue weighted by molar-refractivity contribution is 5.50. The summed E-state index contributed by atoms with van der Waals surface area (Å²) in [5, 5.41) is 5.56. The number of nitrogens with zero attached hydrogens (tertiary/aromatic N) is 2. The van der Waals surface area contributed by atoms with Crippen molar-refractivity contribution in [3.05, 3.63) is 6.07 Å². The number of hydrogen-bond donors (Lipinski definition) is 3. The first-order valence-electron chi connectivity index (χ1n) is 5.11.